The average molecular weight is 400 g/mol. The van der Waals surface area contributed by atoms with Crippen LogP contribution in [0.2, 0.25) is 0 Å². The zero-order valence-corrected chi connectivity index (χ0v) is 16.0. The zero-order valence-electron chi connectivity index (χ0n) is 16.0. The molecule has 0 spiro atoms. The van der Waals surface area contributed by atoms with Gasteiger partial charge in [-0.15, -0.1) is 5.10 Å². The molecule has 1 aromatic carbocycles. The first-order valence-electron chi connectivity index (χ1n) is 9.09. The fraction of sp³-hybridized carbons (Fsp3) is 0. The highest BCUT2D eigenvalue weighted by Gasteiger charge is 2.07. The first-order chi connectivity index (χ1) is 14.8. The smallest absolute Gasteiger partial charge is 0.250 e. The van der Waals surface area contributed by atoms with Crippen molar-refractivity contribution in [3.63, 3.8) is 0 Å². The molecule has 0 saturated carbocycles. The van der Waals surface area contributed by atoms with E-state index in [1.807, 2.05) is 54.6 Å². The molecule has 30 heavy (non-hydrogen) atoms. The van der Waals surface area contributed by atoms with E-state index in [1.165, 1.54) is 12.5 Å². The monoisotopic (exact) mass is 400 g/mol. The molecule has 0 aliphatic rings. The van der Waals surface area contributed by atoms with Gasteiger partial charge >= 0.3 is 0 Å². The number of aromatic amines is 1. The van der Waals surface area contributed by atoms with Gasteiger partial charge in [0.1, 0.15) is 6.26 Å². The highest BCUT2D eigenvalue weighted by atomic mass is 17.0. The van der Waals surface area contributed by atoms with Crippen LogP contribution >= 0.6 is 0 Å². The van der Waals surface area contributed by atoms with Gasteiger partial charge in [0.15, 0.2) is 0 Å². The maximum atomic E-state index is 11.8. The van der Waals surface area contributed by atoms with Crippen LogP contribution in [0.3, 0.4) is 0 Å². The summed E-state index contributed by atoms with van der Waals surface area (Å²) in [5, 5.41) is 7.77. The SMILES string of the molecule is NC(=O)c1cccc2cc3cccccccoo[nH]nccccccc3nc12. The van der Waals surface area contributed by atoms with Crippen molar-refractivity contribution in [2.45, 2.75) is 0 Å². The Labute approximate surface area is 172 Å². The minimum Gasteiger partial charge on any atom is -0.366 e. The average Bonchev–Trinajstić information content (AvgIpc) is 2.74. The Morgan fingerprint density at radius 3 is 2.43 bits per heavy atom. The molecule has 3 N–H and O–H groups in total. The molecule has 0 aliphatic carbocycles. The van der Waals surface area contributed by atoms with E-state index < -0.39 is 5.91 Å². The van der Waals surface area contributed by atoms with E-state index in [2.05, 4.69) is 20.0 Å². The van der Waals surface area contributed by atoms with Crippen LogP contribution in [-0.4, -0.2) is 21.3 Å². The number of aromatic nitrogens is 3. The van der Waals surface area contributed by atoms with Crippen molar-refractivity contribution in [3.05, 3.63) is 109 Å². The van der Waals surface area contributed by atoms with E-state index in [0.29, 0.717) is 16.6 Å². The van der Waals surface area contributed by atoms with Gasteiger partial charge in [0.2, 0.25) is 0 Å². The van der Waals surface area contributed by atoms with Crippen molar-refractivity contribution < 1.29 is 14.1 Å². The van der Waals surface area contributed by atoms with E-state index in [9.17, 15) is 4.79 Å². The Kier molecular flexibility index (Phi) is 7.34. The van der Waals surface area contributed by atoms with Crippen molar-refractivity contribution in [1.29, 1.82) is 0 Å². The van der Waals surface area contributed by atoms with E-state index in [4.69, 9.17) is 10.3 Å². The number of benzene rings is 1. The molecule has 0 saturated heterocycles. The number of pyridine rings is 1. The third-order valence-electron chi connectivity index (χ3n) is 3.91. The molecular weight excluding hydrogens is 380 g/mol. The first kappa shape index (κ1) is 20.3. The number of nitrogens with two attached hydrogens (primary N) is 1. The maximum absolute atomic E-state index is 11.8. The van der Waals surface area contributed by atoms with Crippen LogP contribution < -0.4 is 5.73 Å². The number of hydrogen-bond acceptors (Lipinski definition) is 5. The van der Waals surface area contributed by atoms with Crippen LogP contribution in [0.1, 0.15) is 10.4 Å². The Balaban J connectivity index is 2.26. The highest BCUT2D eigenvalue weighted by molar-refractivity contribution is 6.06. The van der Waals surface area contributed by atoms with Crippen LogP contribution in [0.5, 0.6) is 0 Å². The van der Waals surface area contributed by atoms with Crippen LogP contribution in [-0.2, 0) is 0 Å². The number of carbonyl (C=O) groups excluding carboxylic acids is 1. The molecule has 0 fully saturated rings. The van der Waals surface area contributed by atoms with E-state index in [1.54, 1.807) is 36.4 Å². The number of carbonyl (C=O) groups is 1. The van der Waals surface area contributed by atoms with Crippen molar-refractivity contribution >= 4 is 27.7 Å². The lowest BCUT2D eigenvalue weighted by molar-refractivity contribution is -0.0206. The molecular formula is C23H20N4O3. The van der Waals surface area contributed by atoms with E-state index >= 15 is 0 Å². The molecule has 7 nitrogen and oxygen atoms in total. The second-order valence-corrected chi connectivity index (χ2v) is 5.95. The molecule has 150 valence electrons. The lowest BCUT2D eigenvalue weighted by Crippen LogP contribution is -2.11. The lowest BCUT2D eigenvalue weighted by Gasteiger charge is -2.03. The van der Waals surface area contributed by atoms with Crippen molar-refractivity contribution in [3.8, 4) is 0 Å². The Morgan fingerprint density at radius 1 is 0.833 bits per heavy atom. The predicted octanol–water partition coefficient (Wildman–Crippen LogP) is 4.89. The number of fused-ring (bicyclic) bond motifs is 2. The summed E-state index contributed by atoms with van der Waals surface area (Å²) in [5.41, 5.74) is 7.19. The Hall–Kier alpha value is -4.39. The van der Waals surface area contributed by atoms with Gasteiger partial charge in [0.25, 0.3) is 5.91 Å². The number of nitrogens with one attached hydrogen (secondary N) is 1. The first-order valence-corrected chi connectivity index (χ1v) is 9.09. The number of primary amides is 1. The minimum absolute atomic E-state index is 0.390. The van der Waals surface area contributed by atoms with Gasteiger partial charge < -0.3 is 5.73 Å². The Bertz CT molecular complexity index is 1250. The summed E-state index contributed by atoms with van der Waals surface area (Å²) in [6.45, 7) is 0. The number of hydrogen-bond donors (Lipinski definition) is 2. The van der Waals surface area contributed by atoms with E-state index in [-0.39, 0.29) is 0 Å². The largest absolute Gasteiger partial charge is 0.366 e. The molecule has 7 heteroatoms. The molecule has 0 aliphatic heterocycles. The van der Waals surface area contributed by atoms with Crippen molar-refractivity contribution in [2.75, 3.05) is 0 Å². The quantitative estimate of drug-likeness (QED) is 0.565. The molecule has 0 bridgehead atoms. The van der Waals surface area contributed by atoms with Crippen molar-refractivity contribution in [2.24, 2.45) is 5.73 Å². The van der Waals surface area contributed by atoms with Crippen LogP contribution in [0.4, 0.5) is 0 Å². The van der Waals surface area contributed by atoms with Crippen LogP contribution in [0.15, 0.2) is 113 Å². The molecule has 3 rings (SSSR count). The predicted molar refractivity (Wildman–Crippen MR) is 115 cm³/mol. The van der Waals surface area contributed by atoms with Gasteiger partial charge in [0, 0.05) is 10.8 Å². The zero-order chi connectivity index (χ0) is 21.0. The summed E-state index contributed by atoms with van der Waals surface area (Å²) < 4.78 is 9.35. The van der Waals surface area contributed by atoms with E-state index in [0.717, 1.165) is 10.8 Å². The molecule has 3 aromatic rings. The number of amides is 1. The Morgan fingerprint density at radius 2 is 1.57 bits per heavy atom. The topological polar surface area (TPSA) is 111 Å². The van der Waals surface area contributed by atoms with Gasteiger partial charge in [-0.1, -0.05) is 65.9 Å². The number of nitrogens with zero attached hydrogens (tertiary/aromatic N) is 2. The standard InChI is InChI=1S/C23H20N4O3/c24-23(28)20-13-10-12-19-17-18-11-6-2-1-5-9-16-29-30-27-25-15-8-4-3-7-14-21(18)26-22(19)20/h1-17,27H,(H2,24,28). The summed E-state index contributed by atoms with van der Waals surface area (Å²) in [7, 11) is 0. The fourth-order valence-corrected chi connectivity index (χ4v) is 2.59. The van der Waals surface area contributed by atoms with Crippen molar-refractivity contribution in [1.82, 2.24) is 15.4 Å². The van der Waals surface area contributed by atoms with Gasteiger partial charge in [-0.05, 0) is 30.3 Å². The second-order valence-electron chi connectivity index (χ2n) is 5.95. The summed E-state index contributed by atoms with van der Waals surface area (Å²) in [4.78, 5) is 16.5. The van der Waals surface area contributed by atoms with Gasteiger partial charge in [0.05, 0.1) is 22.8 Å². The normalized spacial score (nSPS) is 9.60. The minimum atomic E-state index is -0.509. The third-order valence-corrected chi connectivity index (χ3v) is 3.91. The molecule has 1 amide bonds. The van der Waals surface area contributed by atoms with Crippen LogP contribution in [0, 0.1) is 0 Å². The number of H-pyrrole nitrogens is 1. The molecule has 2 heterocycles. The summed E-state index contributed by atoms with van der Waals surface area (Å²) >= 11 is 0. The number of rotatable bonds is 1. The van der Waals surface area contributed by atoms with Gasteiger partial charge in [-0.2, -0.15) is 4.68 Å². The highest BCUT2D eigenvalue weighted by Crippen LogP contribution is 2.21. The lowest BCUT2D eigenvalue weighted by atomic mass is 10.1. The third kappa shape index (κ3) is 5.80. The molecule has 2 aromatic heterocycles. The van der Waals surface area contributed by atoms with Gasteiger partial charge in [-0.3, -0.25) is 9.37 Å². The summed E-state index contributed by atoms with van der Waals surface area (Å²) in [6, 6.07) is 27.4. The molecule has 0 atom stereocenters. The maximum Gasteiger partial charge on any atom is 0.250 e. The molecule has 0 unspecified atom stereocenters. The molecule has 0 radical (unpaired) electrons. The fourth-order valence-electron chi connectivity index (χ4n) is 2.59. The summed E-state index contributed by atoms with van der Waals surface area (Å²) in [5.74, 6) is -0.509. The number of para-hydroxylation sites is 1. The second kappa shape index (κ2) is 10.8. The van der Waals surface area contributed by atoms with Gasteiger partial charge in [-0.25, -0.2) is 4.98 Å². The van der Waals surface area contributed by atoms with Crippen LogP contribution in [0.25, 0.3) is 21.8 Å². The summed E-state index contributed by atoms with van der Waals surface area (Å²) in [6.07, 6.45) is 2.86.